The van der Waals surface area contributed by atoms with E-state index in [1.165, 1.54) is 0 Å². The lowest BCUT2D eigenvalue weighted by atomic mass is 10.1. The Labute approximate surface area is 157 Å². The zero-order chi connectivity index (χ0) is 19.2. The number of anilines is 2. The van der Waals surface area contributed by atoms with Gasteiger partial charge in [-0.3, -0.25) is 4.79 Å². The van der Waals surface area contributed by atoms with Crippen LogP contribution in [0.4, 0.5) is 11.4 Å². The number of carbonyl (C=O) groups is 2. The molecule has 0 unspecified atom stereocenters. The van der Waals surface area contributed by atoms with Crippen LogP contribution in [-0.4, -0.2) is 42.7 Å². The van der Waals surface area contributed by atoms with Crippen LogP contribution in [-0.2, 0) is 4.79 Å². The fraction of sp³-hybridized carbons (Fsp3) is 0.300. The van der Waals surface area contributed by atoms with Crippen molar-refractivity contribution in [1.82, 2.24) is 5.32 Å². The molecule has 1 amide bonds. The van der Waals surface area contributed by atoms with E-state index >= 15 is 0 Å². The van der Waals surface area contributed by atoms with Crippen molar-refractivity contribution >= 4 is 23.3 Å². The lowest BCUT2D eigenvalue weighted by molar-refractivity contribution is -0.139. The summed E-state index contributed by atoms with van der Waals surface area (Å²) in [4.78, 5) is 23.0. The van der Waals surface area contributed by atoms with Gasteiger partial charge in [-0.1, -0.05) is 0 Å². The molecule has 4 N–H and O–H groups in total. The van der Waals surface area contributed by atoms with Crippen molar-refractivity contribution in [2.24, 2.45) is 0 Å². The van der Waals surface area contributed by atoms with Gasteiger partial charge in [-0.2, -0.15) is 0 Å². The van der Waals surface area contributed by atoms with Crippen LogP contribution >= 0.6 is 0 Å². The molecule has 27 heavy (non-hydrogen) atoms. The molecular formula is C20H23N3O4. The Morgan fingerprint density at radius 1 is 1.22 bits per heavy atom. The van der Waals surface area contributed by atoms with Gasteiger partial charge in [0.15, 0.2) is 6.61 Å². The first-order chi connectivity index (χ1) is 13.0. The number of benzene rings is 2. The first-order valence-electron chi connectivity index (χ1n) is 8.85. The number of hydrogen-bond donors (Lipinski definition) is 4. The first-order valence-corrected chi connectivity index (χ1v) is 8.85. The molecule has 142 valence electrons. The minimum absolute atomic E-state index is 0.202. The summed E-state index contributed by atoms with van der Waals surface area (Å²) in [6, 6.07) is 12.8. The Bertz CT molecular complexity index is 814. The van der Waals surface area contributed by atoms with Crippen LogP contribution in [0.5, 0.6) is 5.75 Å². The number of carbonyl (C=O) groups excluding carboxylic acids is 1. The molecule has 7 heteroatoms. The monoisotopic (exact) mass is 369 g/mol. The standard InChI is InChI=1S/C20H23N3O4/c1-13-10-17(27-12-19(24)25)6-7-18(13)23-20(26)14-2-4-15(5-3-14)22-16-8-9-21-11-16/h2-7,10,16,21-22H,8-9,11-12H2,1H3,(H,23,26)(H,24,25)/t16-/m1/s1. The van der Waals surface area contributed by atoms with Gasteiger partial charge >= 0.3 is 5.97 Å². The predicted molar refractivity (Wildman–Crippen MR) is 104 cm³/mol. The third-order valence-electron chi connectivity index (χ3n) is 4.39. The summed E-state index contributed by atoms with van der Waals surface area (Å²) in [5.74, 6) is -0.789. The van der Waals surface area contributed by atoms with E-state index in [-0.39, 0.29) is 5.91 Å². The molecule has 1 atom stereocenters. The average molecular weight is 369 g/mol. The molecule has 0 saturated carbocycles. The topological polar surface area (TPSA) is 99.7 Å². The van der Waals surface area contributed by atoms with Crippen molar-refractivity contribution in [3.63, 3.8) is 0 Å². The number of carboxylic acid groups (broad SMARTS) is 1. The van der Waals surface area contributed by atoms with E-state index in [1.807, 2.05) is 19.1 Å². The van der Waals surface area contributed by atoms with Gasteiger partial charge in [-0.25, -0.2) is 4.79 Å². The van der Waals surface area contributed by atoms with Crippen LogP contribution in [0.15, 0.2) is 42.5 Å². The van der Waals surface area contributed by atoms with Gasteiger partial charge in [0, 0.05) is 29.5 Å². The molecule has 1 saturated heterocycles. The number of carboxylic acids is 1. The molecule has 2 aromatic carbocycles. The zero-order valence-corrected chi connectivity index (χ0v) is 15.1. The summed E-state index contributed by atoms with van der Waals surface area (Å²) in [5, 5.41) is 18.3. The summed E-state index contributed by atoms with van der Waals surface area (Å²) >= 11 is 0. The lowest BCUT2D eigenvalue weighted by Crippen LogP contribution is -2.22. The van der Waals surface area contributed by atoms with E-state index in [0.29, 0.717) is 23.0 Å². The maximum Gasteiger partial charge on any atom is 0.341 e. The van der Waals surface area contributed by atoms with Crippen LogP contribution < -0.4 is 20.7 Å². The molecule has 0 aromatic heterocycles. The minimum Gasteiger partial charge on any atom is -0.482 e. The van der Waals surface area contributed by atoms with E-state index in [1.54, 1.807) is 30.3 Å². The van der Waals surface area contributed by atoms with Gasteiger partial charge in [0.05, 0.1) is 0 Å². The fourth-order valence-electron chi connectivity index (χ4n) is 2.94. The molecule has 3 rings (SSSR count). The highest BCUT2D eigenvalue weighted by Gasteiger charge is 2.14. The SMILES string of the molecule is Cc1cc(OCC(=O)O)ccc1NC(=O)c1ccc(N[C@@H]2CCNC2)cc1. The highest BCUT2D eigenvalue weighted by Crippen LogP contribution is 2.22. The molecule has 0 bridgehead atoms. The van der Waals surface area contributed by atoms with E-state index in [2.05, 4.69) is 16.0 Å². The number of ether oxygens (including phenoxy) is 1. The zero-order valence-electron chi connectivity index (χ0n) is 15.1. The maximum atomic E-state index is 12.5. The number of aliphatic carboxylic acids is 1. The van der Waals surface area contributed by atoms with Crippen molar-refractivity contribution in [1.29, 1.82) is 0 Å². The Kier molecular flexibility index (Phi) is 5.93. The predicted octanol–water partition coefficient (Wildman–Crippen LogP) is 2.48. The van der Waals surface area contributed by atoms with Crippen LogP contribution in [0.3, 0.4) is 0 Å². The molecule has 2 aromatic rings. The van der Waals surface area contributed by atoms with Gasteiger partial charge in [0.2, 0.25) is 0 Å². The Morgan fingerprint density at radius 3 is 2.63 bits per heavy atom. The second kappa shape index (κ2) is 8.55. The lowest BCUT2D eigenvalue weighted by Gasteiger charge is -2.14. The normalized spacial score (nSPS) is 16.0. The highest BCUT2D eigenvalue weighted by molar-refractivity contribution is 6.04. The summed E-state index contributed by atoms with van der Waals surface area (Å²) in [6.45, 7) is 3.40. The largest absolute Gasteiger partial charge is 0.482 e. The van der Waals surface area contributed by atoms with Crippen molar-refractivity contribution in [2.75, 3.05) is 30.3 Å². The van der Waals surface area contributed by atoms with Crippen molar-refractivity contribution in [3.8, 4) is 5.75 Å². The molecule has 7 nitrogen and oxygen atoms in total. The summed E-state index contributed by atoms with van der Waals surface area (Å²) in [6.07, 6.45) is 1.09. The third-order valence-corrected chi connectivity index (χ3v) is 4.39. The van der Waals surface area contributed by atoms with Gasteiger partial charge in [0.25, 0.3) is 5.91 Å². The second-order valence-electron chi connectivity index (χ2n) is 6.52. The van der Waals surface area contributed by atoms with Crippen LogP contribution in [0.2, 0.25) is 0 Å². The van der Waals surface area contributed by atoms with Gasteiger partial charge in [0.1, 0.15) is 5.75 Å². The summed E-state index contributed by atoms with van der Waals surface area (Å²) < 4.78 is 5.14. The molecule has 0 radical (unpaired) electrons. The quantitative estimate of drug-likeness (QED) is 0.598. The molecule has 1 aliphatic rings. The summed E-state index contributed by atoms with van der Waals surface area (Å²) in [5.41, 5.74) is 3.01. The van der Waals surface area contributed by atoms with E-state index in [9.17, 15) is 9.59 Å². The van der Waals surface area contributed by atoms with Crippen LogP contribution in [0.25, 0.3) is 0 Å². The van der Waals surface area contributed by atoms with Crippen LogP contribution in [0.1, 0.15) is 22.3 Å². The number of aryl methyl sites for hydroxylation is 1. The van der Waals surface area contributed by atoms with E-state index in [4.69, 9.17) is 9.84 Å². The average Bonchev–Trinajstić information content (AvgIpc) is 3.15. The van der Waals surface area contributed by atoms with E-state index < -0.39 is 12.6 Å². The molecule has 1 aliphatic heterocycles. The van der Waals surface area contributed by atoms with Crippen LogP contribution in [0, 0.1) is 6.92 Å². The smallest absolute Gasteiger partial charge is 0.341 e. The molecule has 1 heterocycles. The van der Waals surface area contributed by atoms with Gasteiger partial charge in [-0.15, -0.1) is 0 Å². The van der Waals surface area contributed by atoms with Crippen molar-refractivity contribution in [2.45, 2.75) is 19.4 Å². The van der Waals surface area contributed by atoms with Gasteiger partial charge < -0.3 is 25.8 Å². The Hall–Kier alpha value is -3.06. The van der Waals surface area contributed by atoms with Crippen molar-refractivity contribution in [3.05, 3.63) is 53.6 Å². The minimum atomic E-state index is -1.04. The van der Waals surface area contributed by atoms with Gasteiger partial charge in [-0.05, 0) is 67.9 Å². The van der Waals surface area contributed by atoms with Crippen molar-refractivity contribution < 1.29 is 19.4 Å². The number of amides is 1. The molecule has 0 spiro atoms. The molecule has 0 aliphatic carbocycles. The molecule has 1 fully saturated rings. The fourth-order valence-corrected chi connectivity index (χ4v) is 2.94. The number of hydrogen-bond acceptors (Lipinski definition) is 5. The summed E-state index contributed by atoms with van der Waals surface area (Å²) in [7, 11) is 0. The highest BCUT2D eigenvalue weighted by atomic mass is 16.5. The number of nitrogens with one attached hydrogen (secondary N) is 3. The van der Waals surface area contributed by atoms with E-state index in [0.717, 1.165) is 30.8 Å². The Morgan fingerprint density at radius 2 is 2.00 bits per heavy atom. The number of rotatable bonds is 7. The first kappa shape index (κ1) is 18.7. The third kappa shape index (κ3) is 5.21. The maximum absolute atomic E-state index is 12.5. The molecular weight excluding hydrogens is 346 g/mol. The Balaban J connectivity index is 1.60. The second-order valence-corrected chi connectivity index (χ2v) is 6.52.